The second kappa shape index (κ2) is 9.14. The van der Waals surface area contributed by atoms with Gasteiger partial charge in [0.25, 0.3) is 5.91 Å². The van der Waals surface area contributed by atoms with Crippen molar-refractivity contribution in [1.29, 1.82) is 0 Å². The van der Waals surface area contributed by atoms with Gasteiger partial charge in [0.05, 0.1) is 21.7 Å². The topological polar surface area (TPSA) is 83.5 Å². The van der Waals surface area contributed by atoms with Crippen LogP contribution in [-0.4, -0.2) is 41.7 Å². The Bertz CT molecular complexity index is 1500. The Morgan fingerprint density at radius 2 is 1.86 bits per heavy atom. The summed E-state index contributed by atoms with van der Waals surface area (Å²) in [6, 6.07) is 14.2. The minimum absolute atomic E-state index is 0.0717. The molecule has 1 aliphatic rings. The third kappa shape index (κ3) is 4.71. The molecule has 4 aromatic rings. The largest absolute Gasteiger partial charge is 0.279 e. The lowest BCUT2D eigenvalue weighted by Crippen LogP contribution is -2.31. The highest BCUT2D eigenvalue weighted by Crippen LogP contribution is 2.34. The van der Waals surface area contributed by atoms with Crippen LogP contribution in [0.4, 0.5) is 5.13 Å². The molecule has 0 unspecified atom stereocenters. The zero-order valence-corrected chi connectivity index (χ0v) is 21.4. The normalized spacial score (nSPS) is 13.9. The Balaban J connectivity index is 1.50. The van der Waals surface area contributed by atoms with E-state index in [0.29, 0.717) is 17.2 Å². The van der Waals surface area contributed by atoms with Crippen molar-refractivity contribution >= 4 is 42.6 Å². The number of thiazole rings is 1. The highest BCUT2D eigenvalue weighted by molar-refractivity contribution is 7.89. The number of sulfonamides is 1. The zero-order valence-electron chi connectivity index (χ0n) is 19.8. The molecule has 7 nitrogen and oxygen atoms in total. The Labute approximate surface area is 209 Å². The number of pyridine rings is 1. The van der Waals surface area contributed by atoms with Crippen LogP contribution in [0.5, 0.6) is 0 Å². The van der Waals surface area contributed by atoms with Crippen LogP contribution in [0.2, 0.25) is 0 Å². The summed E-state index contributed by atoms with van der Waals surface area (Å²) >= 11 is 1.47. The molecule has 9 heteroatoms. The Morgan fingerprint density at radius 3 is 2.51 bits per heavy atom. The van der Waals surface area contributed by atoms with E-state index in [1.165, 1.54) is 27.8 Å². The van der Waals surface area contributed by atoms with Gasteiger partial charge < -0.3 is 0 Å². The fraction of sp³-hybridized carbons (Fsp3) is 0.269. The van der Waals surface area contributed by atoms with Crippen LogP contribution in [0, 0.1) is 13.8 Å². The lowest BCUT2D eigenvalue weighted by Gasteiger charge is -2.20. The van der Waals surface area contributed by atoms with E-state index in [-0.39, 0.29) is 16.8 Å². The molecule has 0 radical (unpaired) electrons. The Kier molecular flexibility index (Phi) is 6.16. The number of carbonyl (C=O) groups is 1. The number of hydrogen-bond acceptors (Lipinski definition) is 6. The molecule has 2 heterocycles. The van der Waals surface area contributed by atoms with E-state index in [1.807, 2.05) is 26.0 Å². The molecule has 1 aliphatic carbocycles. The van der Waals surface area contributed by atoms with Gasteiger partial charge in [-0.2, -0.15) is 4.31 Å². The van der Waals surface area contributed by atoms with E-state index < -0.39 is 10.0 Å². The molecular formula is C26H26N4O3S2. The smallest absolute Gasteiger partial charge is 0.260 e. The van der Waals surface area contributed by atoms with E-state index in [2.05, 4.69) is 17.1 Å². The van der Waals surface area contributed by atoms with Crippen LogP contribution in [-0.2, 0) is 16.6 Å². The van der Waals surface area contributed by atoms with Gasteiger partial charge in [0.2, 0.25) is 10.0 Å². The lowest BCUT2D eigenvalue weighted by atomic mass is 10.1. The van der Waals surface area contributed by atoms with E-state index in [4.69, 9.17) is 4.98 Å². The quantitative estimate of drug-likeness (QED) is 0.355. The first-order chi connectivity index (χ1) is 16.7. The second-order valence-electron chi connectivity index (χ2n) is 8.95. The molecule has 1 saturated carbocycles. The first kappa shape index (κ1) is 23.6. The predicted octanol–water partition coefficient (Wildman–Crippen LogP) is 4.94. The molecular weight excluding hydrogens is 480 g/mol. The first-order valence-electron chi connectivity index (χ1n) is 11.4. The molecule has 35 heavy (non-hydrogen) atoms. The molecule has 2 aromatic heterocycles. The summed E-state index contributed by atoms with van der Waals surface area (Å²) in [6.45, 7) is 4.36. The van der Waals surface area contributed by atoms with Crippen molar-refractivity contribution < 1.29 is 13.2 Å². The van der Waals surface area contributed by atoms with Gasteiger partial charge in [-0.05, 0) is 79.8 Å². The summed E-state index contributed by atoms with van der Waals surface area (Å²) in [5.41, 5.74) is 4.35. The van der Waals surface area contributed by atoms with E-state index in [1.54, 1.807) is 36.5 Å². The van der Waals surface area contributed by atoms with Gasteiger partial charge in [0.1, 0.15) is 0 Å². The maximum atomic E-state index is 13.7. The molecule has 0 atom stereocenters. The summed E-state index contributed by atoms with van der Waals surface area (Å²) in [5, 5.41) is 0.590. The van der Waals surface area contributed by atoms with Crippen LogP contribution in [0.1, 0.15) is 39.9 Å². The van der Waals surface area contributed by atoms with Gasteiger partial charge in [-0.15, -0.1) is 0 Å². The molecule has 0 N–H and O–H groups in total. The van der Waals surface area contributed by atoms with Crippen LogP contribution in [0.25, 0.3) is 10.2 Å². The molecule has 2 aromatic carbocycles. The van der Waals surface area contributed by atoms with Crippen molar-refractivity contribution in [3.63, 3.8) is 0 Å². The van der Waals surface area contributed by atoms with Gasteiger partial charge in [-0.1, -0.05) is 23.5 Å². The average molecular weight is 507 g/mol. The van der Waals surface area contributed by atoms with E-state index in [0.717, 1.165) is 39.7 Å². The molecule has 0 spiro atoms. The summed E-state index contributed by atoms with van der Waals surface area (Å²) in [6.07, 6.45) is 5.19. The molecule has 1 fully saturated rings. The Hall–Kier alpha value is -3.14. The van der Waals surface area contributed by atoms with Gasteiger partial charge in [0, 0.05) is 31.0 Å². The van der Waals surface area contributed by atoms with Crippen molar-refractivity contribution in [3.05, 3.63) is 83.2 Å². The van der Waals surface area contributed by atoms with Crippen molar-refractivity contribution in [3.8, 4) is 0 Å². The average Bonchev–Trinajstić information content (AvgIpc) is 3.61. The van der Waals surface area contributed by atoms with E-state index in [9.17, 15) is 13.2 Å². The zero-order chi connectivity index (χ0) is 24.7. The molecule has 0 saturated heterocycles. The number of fused-ring (bicyclic) bond motifs is 1. The monoisotopic (exact) mass is 506 g/mol. The van der Waals surface area contributed by atoms with E-state index >= 15 is 0 Å². The summed E-state index contributed by atoms with van der Waals surface area (Å²) in [7, 11) is -1.97. The second-order valence-corrected chi connectivity index (χ2v) is 12.0. The molecule has 1 amide bonds. The standard InChI is InChI=1S/C26H26N4O3S2/c1-17-13-18(2)24-23(14-17)34-26(28-24)30(16-19-5-4-12-27-15-19)25(31)20-6-10-22(11-7-20)35(32,33)29(3)21-8-9-21/h4-7,10-15,21H,8-9,16H2,1-3H3. The summed E-state index contributed by atoms with van der Waals surface area (Å²) in [5.74, 6) is -0.248. The van der Waals surface area contributed by atoms with Crippen LogP contribution in [0.15, 0.2) is 65.8 Å². The maximum absolute atomic E-state index is 13.7. The van der Waals surface area contributed by atoms with Crippen molar-refractivity contribution in [2.45, 2.75) is 44.2 Å². The molecule has 5 rings (SSSR count). The fourth-order valence-electron chi connectivity index (χ4n) is 4.10. The lowest BCUT2D eigenvalue weighted by molar-refractivity contribution is 0.0985. The van der Waals surface area contributed by atoms with Gasteiger partial charge >= 0.3 is 0 Å². The predicted molar refractivity (Wildman–Crippen MR) is 138 cm³/mol. The minimum atomic E-state index is -3.58. The number of aromatic nitrogens is 2. The maximum Gasteiger partial charge on any atom is 0.260 e. The highest BCUT2D eigenvalue weighted by atomic mass is 32.2. The number of anilines is 1. The third-order valence-corrected chi connectivity index (χ3v) is 9.15. The van der Waals surface area contributed by atoms with Crippen LogP contribution < -0.4 is 4.90 Å². The SMILES string of the molecule is Cc1cc(C)c2nc(N(Cc3cccnc3)C(=O)c3ccc(S(=O)(=O)N(C)C4CC4)cc3)sc2c1. The Morgan fingerprint density at radius 1 is 1.11 bits per heavy atom. The number of hydrogen-bond donors (Lipinski definition) is 0. The van der Waals surface area contributed by atoms with Crippen molar-refractivity contribution in [1.82, 2.24) is 14.3 Å². The number of carbonyl (C=O) groups excluding carboxylic acids is 1. The van der Waals surface area contributed by atoms with Gasteiger partial charge in [0.15, 0.2) is 5.13 Å². The number of rotatable bonds is 7. The minimum Gasteiger partial charge on any atom is -0.279 e. The van der Waals surface area contributed by atoms with Crippen molar-refractivity contribution in [2.75, 3.05) is 11.9 Å². The van der Waals surface area contributed by atoms with Crippen molar-refractivity contribution in [2.24, 2.45) is 0 Å². The molecule has 180 valence electrons. The van der Waals surface area contributed by atoms with Crippen LogP contribution in [0.3, 0.4) is 0 Å². The summed E-state index contributed by atoms with van der Waals surface area (Å²) in [4.78, 5) is 24.5. The highest BCUT2D eigenvalue weighted by Gasteiger charge is 2.35. The number of amides is 1. The first-order valence-corrected chi connectivity index (χ1v) is 13.7. The number of aryl methyl sites for hydroxylation is 2. The number of benzene rings is 2. The molecule has 0 bridgehead atoms. The number of nitrogens with zero attached hydrogens (tertiary/aromatic N) is 4. The third-order valence-electron chi connectivity index (χ3n) is 6.20. The molecule has 0 aliphatic heterocycles. The van der Waals surface area contributed by atoms with Gasteiger partial charge in [-0.3, -0.25) is 14.7 Å². The fourth-order valence-corrected chi connectivity index (χ4v) is 6.66. The van der Waals surface area contributed by atoms with Crippen LogP contribution >= 0.6 is 11.3 Å². The summed E-state index contributed by atoms with van der Waals surface area (Å²) < 4.78 is 28.2. The van der Waals surface area contributed by atoms with Gasteiger partial charge in [-0.25, -0.2) is 13.4 Å².